The fourth-order valence-corrected chi connectivity index (χ4v) is 3.42. The summed E-state index contributed by atoms with van der Waals surface area (Å²) in [6.45, 7) is 5.65. The van der Waals surface area contributed by atoms with Crippen molar-refractivity contribution in [1.29, 1.82) is 0 Å². The van der Waals surface area contributed by atoms with Crippen molar-refractivity contribution in [2.75, 3.05) is 39.5 Å². The van der Waals surface area contributed by atoms with E-state index >= 15 is 0 Å². The van der Waals surface area contributed by atoms with Gasteiger partial charge >= 0.3 is 0 Å². The van der Waals surface area contributed by atoms with Crippen LogP contribution in [0.5, 0.6) is 5.75 Å². The molecule has 2 atom stereocenters. The number of halogens is 1. The summed E-state index contributed by atoms with van der Waals surface area (Å²) in [6.07, 6.45) is -0.688. The second-order valence-electron chi connectivity index (χ2n) is 6.26. The summed E-state index contributed by atoms with van der Waals surface area (Å²) < 4.78 is 25.0. The predicted octanol–water partition coefficient (Wildman–Crippen LogP) is 1.86. The third kappa shape index (κ3) is 3.87. The van der Waals surface area contributed by atoms with E-state index in [1.807, 2.05) is 36.1 Å². The Morgan fingerprint density at radius 2 is 2.08 bits per heavy atom. The van der Waals surface area contributed by atoms with E-state index in [1.54, 1.807) is 4.90 Å². The quantitative estimate of drug-likeness (QED) is 0.823. The lowest BCUT2D eigenvalue weighted by Gasteiger charge is -2.32. The molecular weight excluding hydrogens is 311 g/mol. The van der Waals surface area contributed by atoms with Gasteiger partial charge in [-0.2, -0.15) is 0 Å². The molecule has 2 saturated heterocycles. The van der Waals surface area contributed by atoms with Gasteiger partial charge in [0.2, 0.25) is 5.91 Å². The molecule has 0 aromatic heterocycles. The Morgan fingerprint density at radius 3 is 2.83 bits per heavy atom. The third-order valence-electron chi connectivity index (χ3n) is 4.61. The Kier molecular flexibility index (Phi) is 5.68. The van der Waals surface area contributed by atoms with Gasteiger partial charge in [-0.25, -0.2) is 4.39 Å². The summed E-state index contributed by atoms with van der Waals surface area (Å²) in [4.78, 5) is 16.5. The summed E-state index contributed by atoms with van der Waals surface area (Å²) in [6, 6.07) is 7.37. The zero-order valence-electron chi connectivity index (χ0n) is 14.1. The Balaban J connectivity index is 1.72. The lowest BCUT2D eigenvalue weighted by molar-refractivity contribution is -0.140. The Labute approximate surface area is 142 Å². The third-order valence-corrected chi connectivity index (χ3v) is 4.61. The number of para-hydroxylation sites is 1. The summed E-state index contributed by atoms with van der Waals surface area (Å²) in [5, 5.41) is 0. The minimum atomic E-state index is -0.959. The van der Waals surface area contributed by atoms with E-state index in [0.717, 1.165) is 11.3 Å². The lowest BCUT2D eigenvalue weighted by Crippen LogP contribution is -2.49. The van der Waals surface area contributed by atoms with Crippen molar-refractivity contribution in [1.82, 2.24) is 9.80 Å². The number of amides is 1. The van der Waals surface area contributed by atoms with Gasteiger partial charge in [0.15, 0.2) is 0 Å². The fourth-order valence-electron chi connectivity index (χ4n) is 3.42. The smallest absolute Gasteiger partial charge is 0.240 e. The van der Waals surface area contributed by atoms with Crippen molar-refractivity contribution in [3.63, 3.8) is 0 Å². The van der Waals surface area contributed by atoms with Gasteiger partial charge in [-0.3, -0.25) is 9.69 Å². The number of morpholine rings is 1. The highest BCUT2D eigenvalue weighted by molar-refractivity contribution is 5.82. The van der Waals surface area contributed by atoms with E-state index in [1.165, 1.54) is 0 Å². The molecule has 2 aliphatic heterocycles. The summed E-state index contributed by atoms with van der Waals surface area (Å²) in [5.41, 5.74) is 0.994. The van der Waals surface area contributed by atoms with Crippen molar-refractivity contribution < 1.29 is 18.7 Å². The van der Waals surface area contributed by atoms with Gasteiger partial charge in [0, 0.05) is 38.2 Å². The van der Waals surface area contributed by atoms with Crippen LogP contribution in [0, 0.1) is 0 Å². The number of benzene rings is 1. The van der Waals surface area contributed by atoms with Crippen molar-refractivity contribution in [2.24, 2.45) is 0 Å². The van der Waals surface area contributed by atoms with Crippen LogP contribution in [-0.2, 0) is 16.1 Å². The highest BCUT2D eigenvalue weighted by Gasteiger charge is 2.39. The fraction of sp³-hybridized carbons (Fsp3) is 0.611. The molecule has 2 aliphatic rings. The maximum absolute atomic E-state index is 14.0. The second-order valence-corrected chi connectivity index (χ2v) is 6.26. The van der Waals surface area contributed by atoms with Crippen LogP contribution in [0.2, 0.25) is 0 Å². The topological polar surface area (TPSA) is 42.0 Å². The maximum atomic E-state index is 14.0. The molecule has 3 rings (SSSR count). The van der Waals surface area contributed by atoms with Gasteiger partial charge in [0.1, 0.15) is 11.9 Å². The van der Waals surface area contributed by atoms with Crippen molar-refractivity contribution >= 4 is 5.91 Å². The van der Waals surface area contributed by atoms with Crippen LogP contribution in [0.25, 0.3) is 0 Å². The molecule has 2 heterocycles. The molecule has 132 valence electrons. The Morgan fingerprint density at radius 1 is 1.33 bits per heavy atom. The lowest BCUT2D eigenvalue weighted by atomic mass is 10.1. The first-order valence-corrected chi connectivity index (χ1v) is 8.64. The van der Waals surface area contributed by atoms with E-state index < -0.39 is 12.2 Å². The minimum Gasteiger partial charge on any atom is -0.494 e. The number of hydrogen-bond acceptors (Lipinski definition) is 4. The van der Waals surface area contributed by atoms with Crippen LogP contribution in [0.1, 0.15) is 18.9 Å². The summed E-state index contributed by atoms with van der Waals surface area (Å²) in [7, 11) is 0. The Hall–Kier alpha value is -1.66. The second kappa shape index (κ2) is 7.94. The van der Waals surface area contributed by atoms with Crippen LogP contribution in [0.3, 0.4) is 0 Å². The molecule has 0 radical (unpaired) electrons. The molecule has 0 bridgehead atoms. The van der Waals surface area contributed by atoms with E-state index in [9.17, 15) is 9.18 Å². The van der Waals surface area contributed by atoms with Crippen LogP contribution in [-0.4, -0.2) is 67.4 Å². The highest BCUT2D eigenvalue weighted by Crippen LogP contribution is 2.27. The first-order chi connectivity index (χ1) is 11.7. The molecule has 0 N–H and O–H groups in total. The molecule has 0 unspecified atom stereocenters. The molecule has 24 heavy (non-hydrogen) atoms. The number of carbonyl (C=O) groups excluding carboxylic acids is 1. The molecule has 1 amide bonds. The van der Waals surface area contributed by atoms with Crippen LogP contribution in [0.15, 0.2) is 24.3 Å². The highest BCUT2D eigenvalue weighted by atomic mass is 19.1. The Bertz CT molecular complexity index is 563. The first-order valence-electron chi connectivity index (χ1n) is 8.64. The molecule has 0 aliphatic carbocycles. The van der Waals surface area contributed by atoms with E-state index in [0.29, 0.717) is 46.0 Å². The van der Waals surface area contributed by atoms with Crippen molar-refractivity contribution in [2.45, 2.75) is 32.1 Å². The molecule has 2 fully saturated rings. The predicted molar refractivity (Wildman–Crippen MR) is 88.7 cm³/mol. The summed E-state index contributed by atoms with van der Waals surface area (Å²) >= 11 is 0. The molecule has 1 aromatic rings. The zero-order chi connectivity index (χ0) is 16.9. The minimum absolute atomic E-state index is 0.0207. The number of rotatable bonds is 5. The van der Waals surface area contributed by atoms with E-state index in [2.05, 4.69) is 0 Å². The maximum Gasteiger partial charge on any atom is 0.240 e. The molecule has 6 heteroatoms. The van der Waals surface area contributed by atoms with Crippen LogP contribution in [0.4, 0.5) is 4.39 Å². The normalized spacial score (nSPS) is 25.0. The zero-order valence-corrected chi connectivity index (χ0v) is 14.1. The van der Waals surface area contributed by atoms with Gasteiger partial charge in [0.05, 0.1) is 25.9 Å². The number of likely N-dealkylation sites (tertiary alicyclic amines) is 1. The number of ether oxygens (including phenoxy) is 2. The largest absolute Gasteiger partial charge is 0.494 e. The molecular formula is C18H25FN2O3. The van der Waals surface area contributed by atoms with E-state index in [4.69, 9.17) is 9.47 Å². The summed E-state index contributed by atoms with van der Waals surface area (Å²) in [5.74, 6) is 0.826. The monoisotopic (exact) mass is 336 g/mol. The van der Waals surface area contributed by atoms with Gasteiger partial charge in [-0.1, -0.05) is 18.2 Å². The first kappa shape index (κ1) is 17.2. The van der Waals surface area contributed by atoms with Crippen LogP contribution < -0.4 is 4.74 Å². The van der Waals surface area contributed by atoms with E-state index in [-0.39, 0.29) is 12.3 Å². The number of alkyl halides is 1. The van der Waals surface area contributed by atoms with Crippen LogP contribution >= 0.6 is 0 Å². The number of carbonyl (C=O) groups is 1. The number of hydrogen-bond donors (Lipinski definition) is 0. The van der Waals surface area contributed by atoms with Gasteiger partial charge < -0.3 is 14.4 Å². The van der Waals surface area contributed by atoms with Gasteiger partial charge in [0.25, 0.3) is 0 Å². The van der Waals surface area contributed by atoms with Crippen molar-refractivity contribution in [3.05, 3.63) is 29.8 Å². The van der Waals surface area contributed by atoms with Gasteiger partial charge in [-0.15, -0.1) is 0 Å². The number of nitrogens with zero attached hydrogens (tertiary/aromatic N) is 2. The van der Waals surface area contributed by atoms with Crippen molar-refractivity contribution in [3.8, 4) is 5.75 Å². The molecule has 1 aromatic carbocycles. The SMILES string of the molecule is CCOc1ccccc1CN1C[C@H](F)C[C@H]1C(=O)N1CCOCC1. The molecule has 0 saturated carbocycles. The molecule has 5 nitrogen and oxygen atoms in total. The average molecular weight is 336 g/mol. The molecule has 0 spiro atoms. The average Bonchev–Trinajstić information content (AvgIpc) is 2.97. The standard InChI is InChI=1S/C18H25FN2O3/c1-2-24-17-6-4-3-5-14(17)12-21-13-15(19)11-16(21)18(22)20-7-9-23-10-8-20/h3-6,15-16H,2,7-13H2,1H3/t15-,16+/m1/s1. The van der Waals surface area contributed by atoms with Gasteiger partial charge in [-0.05, 0) is 13.0 Å².